The van der Waals surface area contributed by atoms with Gasteiger partial charge in [-0.1, -0.05) is 53.2 Å². The molecular weight excluding hydrogens is 329 g/mol. The van der Waals surface area contributed by atoms with E-state index >= 15 is 0 Å². The molecule has 0 bridgehead atoms. The van der Waals surface area contributed by atoms with Gasteiger partial charge in [-0.2, -0.15) is 0 Å². The molecule has 2 aromatic rings. The van der Waals surface area contributed by atoms with Gasteiger partial charge in [0.15, 0.2) is 0 Å². The number of benzene rings is 2. The molecule has 0 saturated heterocycles. The lowest BCUT2D eigenvalue weighted by Crippen LogP contribution is -2.24. The predicted octanol–water partition coefficient (Wildman–Crippen LogP) is 4.91. The van der Waals surface area contributed by atoms with Gasteiger partial charge in [-0.05, 0) is 48.7 Å². The first-order chi connectivity index (χ1) is 10.2. The van der Waals surface area contributed by atoms with E-state index in [4.69, 9.17) is 0 Å². The highest BCUT2D eigenvalue weighted by molar-refractivity contribution is 9.10. The van der Waals surface area contributed by atoms with Gasteiger partial charge in [0, 0.05) is 16.9 Å². The van der Waals surface area contributed by atoms with Crippen molar-refractivity contribution in [1.82, 2.24) is 5.32 Å². The first-order valence-electron chi connectivity index (χ1n) is 7.40. The third kappa shape index (κ3) is 4.94. The summed E-state index contributed by atoms with van der Waals surface area (Å²) in [6.07, 6.45) is 1.80. The van der Waals surface area contributed by atoms with E-state index in [2.05, 4.69) is 40.3 Å². The molecule has 0 amide bonds. The van der Waals surface area contributed by atoms with Gasteiger partial charge in [0.25, 0.3) is 0 Å². The van der Waals surface area contributed by atoms with Crippen molar-refractivity contribution < 1.29 is 4.39 Å². The molecule has 0 radical (unpaired) electrons. The summed E-state index contributed by atoms with van der Waals surface area (Å²) in [5.41, 5.74) is 2.01. The smallest absolute Gasteiger partial charge is 0.126 e. The second-order valence-corrected chi connectivity index (χ2v) is 6.17. The second-order valence-electron chi connectivity index (χ2n) is 5.25. The van der Waals surface area contributed by atoms with Gasteiger partial charge in [0.1, 0.15) is 5.82 Å². The highest BCUT2D eigenvalue weighted by atomic mass is 79.9. The van der Waals surface area contributed by atoms with E-state index in [1.807, 2.05) is 24.3 Å². The summed E-state index contributed by atoms with van der Waals surface area (Å²) in [5, 5.41) is 3.45. The zero-order valence-electron chi connectivity index (χ0n) is 12.3. The number of rotatable bonds is 7. The fourth-order valence-electron chi connectivity index (χ4n) is 2.45. The van der Waals surface area contributed by atoms with E-state index in [0.29, 0.717) is 6.42 Å². The quantitative estimate of drug-likeness (QED) is 0.700. The summed E-state index contributed by atoms with van der Waals surface area (Å²) >= 11 is 3.42. The molecule has 1 nitrogen and oxygen atoms in total. The topological polar surface area (TPSA) is 12.0 Å². The fourth-order valence-corrected chi connectivity index (χ4v) is 2.86. The first-order valence-corrected chi connectivity index (χ1v) is 8.19. The number of nitrogens with one attached hydrogen (secondary N) is 1. The Balaban J connectivity index is 2.17. The minimum atomic E-state index is -0.130. The largest absolute Gasteiger partial charge is 0.316 e. The van der Waals surface area contributed by atoms with Crippen molar-refractivity contribution in [3.05, 3.63) is 69.9 Å². The Labute approximate surface area is 134 Å². The summed E-state index contributed by atoms with van der Waals surface area (Å²) in [6.45, 7) is 4.01. The van der Waals surface area contributed by atoms with E-state index < -0.39 is 0 Å². The molecule has 0 spiro atoms. The molecule has 0 aliphatic heterocycles. The van der Waals surface area contributed by atoms with Crippen LogP contribution in [0.25, 0.3) is 0 Å². The van der Waals surface area contributed by atoms with Gasteiger partial charge >= 0.3 is 0 Å². The number of halogens is 2. The van der Waals surface area contributed by atoms with E-state index in [9.17, 15) is 4.39 Å². The van der Waals surface area contributed by atoms with Crippen molar-refractivity contribution in [1.29, 1.82) is 0 Å². The summed E-state index contributed by atoms with van der Waals surface area (Å²) < 4.78 is 14.9. The summed E-state index contributed by atoms with van der Waals surface area (Å²) in [5.74, 6) is 0.149. The van der Waals surface area contributed by atoms with Crippen molar-refractivity contribution in [3.8, 4) is 0 Å². The molecule has 1 atom stereocenters. The molecule has 0 heterocycles. The van der Waals surface area contributed by atoms with Crippen molar-refractivity contribution in [2.75, 3.05) is 13.1 Å². The van der Waals surface area contributed by atoms with E-state index in [-0.39, 0.29) is 11.7 Å². The Morgan fingerprint density at radius 1 is 1.14 bits per heavy atom. The molecule has 0 aliphatic carbocycles. The van der Waals surface area contributed by atoms with Crippen LogP contribution in [0.5, 0.6) is 0 Å². The van der Waals surface area contributed by atoms with Crippen molar-refractivity contribution in [2.45, 2.75) is 25.7 Å². The van der Waals surface area contributed by atoms with E-state index in [1.54, 1.807) is 6.07 Å². The molecular formula is C18H21BrFN. The summed E-state index contributed by atoms with van der Waals surface area (Å²) in [7, 11) is 0. The van der Waals surface area contributed by atoms with Crippen LogP contribution in [0.15, 0.2) is 53.0 Å². The number of hydrogen-bond donors (Lipinski definition) is 1. The first kappa shape index (κ1) is 16.2. The van der Waals surface area contributed by atoms with E-state index in [0.717, 1.165) is 29.5 Å². The van der Waals surface area contributed by atoms with Gasteiger partial charge < -0.3 is 5.32 Å². The van der Waals surface area contributed by atoms with Crippen LogP contribution in [0.2, 0.25) is 0 Å². The Morgan fingerprint density at radius 3 is 2.62 bits per heavy atom. The van der Waals surface area contributed by atoms with Crippen molar-refractivity contribution in [2.24, 2.45) is 0 Å². The lowest BCUT2D eigenvalue weighted by atomic mass is 9.91. The van der Waals surface area contributed by atoms with E-state index in [1.165, 1.54) is 11.6 Å². The molecule has 2 rings (SSSR count). The maximum absolute atomic E-state index is 14.0. The van der Waals surface area contributed by atoms with Gasteiger partial charge in [0.05, 0.1) is 0 Å². The van der Waals surface area contributed by atoms with Crippen LogP contribution in [-0.2, 0) is 6.42 Å². The molecule has 2 aromatic carbocycles. The lowest BCUT2D eigenvalue weighted by Gasteiger charge is -2.19. The SMILES string of the molecule is CCCNCC(Cc1cc(Br)ccc1F)c1ccccc1. The average Bonchev–Trinajstić information content (AvgIpc) is 2.51. The summed E-state index contributed by atoms with van der Waals surface area (Å²) in [6, 6.07) is 15.5. The van der Waals surface area contributed by atoms with Crippen molar-refractivity contribution in [3.63, 3.8) is 0 Å². The molecule has 0 aromatic heterocycles. The Hall–Kier alpha value is -1.19. The molecule has 21 heavy (non-hydrogen) atoms. The summed E-state index contributed by atoms with van der Waals surface area (Å²) in [4.78, 5) is 0. The van der Waals surface area contributed by atoms with Crippen LogP contribution >= 0.6 is 15.9 Å². The Bertz CT molecular complexity index is 556. The molecule has 0 aliphatic rings. The van der Waals surface area contributed by atoms with Crippen LogP contribution in [0.4, 0.5) is 4.39 Å². The molecule has 1 N–H and O–H groups in total. The van der Waals surface area contributed by atoms with Gasteiger partial charge in [-0.25, -0.2) is 4.39 Å². The zero-order chi connectivity index (χ0) is 15.1. The maximum atomic E-state index is 14.0. The number of hydrogen-bond acceptors (Lipinski definition) is 1. The fraction of sp³-hybridized carbons (Fsp3) is 0.333. The maximum Gasteiger partial charge on any atom is 0.126 e. The van der Waals surface area contributed by atoms with Crippen LogP contribution < -0.4 is 5.32 Å². The molecule has 112 valence electrons. The highest BCUT2D eigenvalue weighted by Crippen LogP contribution is 2.24. The van der Waals surface area contributed by atoms with Crippen LogP contribution in [0.3, 0.4) is 0 Å². The van der Waals surface area contributed by atoms with Crippen molar-refractivity contribution >= 4 is 15.9 Å². The van der Waals surface area contributed by atoms with Crippen LogP contribution in [0.1, 0.15) is 30.4 Å². The minimum absolute atomic E-state index is 0.130. The monoisotopic (exact) mass is 349 g/mol. The molecule has 0 fully saturated rings. The zero-order valence-corrected chi connectivity index (χ0v) is 13.9. The Morgan fingerprint density at radius 2 is 1.90 bits per heavy atom. The molecule has 3 heteroatoms. The van der Waals surface area contributed by atoms with Gasteiger partial charge in [-0.3, -0.25) is 0 Å². The average molecular weight is 350 g/mol. The van der Waals surface area contributed by atoms with Crippen LogP contribution in [-0.4, -0.2) is 13.1 Å². The standard InChI is InChI=1S/C18H21BrFN/c1-2-10-21-13-16(14-6-4-3-5-7-14)11-15-12-17(19)8-9-18(15)20/h3-9,12,16,21H,2,10-11,13H2,1H3. The molecule has 1 unspecified atom stereocenters. The highest BCUT2D eigenvalue weighted by Gasteiger charge is 2.14. The lowest BCUT2D eigenvalue weighted by molar-refractivity contribution is 0.552. The third-order valence-electron chi connectivity index (χ3n) is 3.56. The third-order valence-corrected chi connectivity index (χ3v) is 4.06. The second kappa shape index (κ2) is 8.30. The minimum Gasteiger partial charge on any atom is -0.316 e. The molecule has 0 saturated carbocycles. The normalized spacial score (nSPS) is 12.3. The van der Waals surface area contributed by atoms with Gasteiger partial charge in [0.2, 0.25) is 0 Å². The predicted molar refractivity (Wildman–Crippen MR) is 90.1 cm³/mol. The van der Waals surface area contributed by atoms with Gasteiger partial charge in [-0.15, -0.1) is 0 Å². The van der Waals surface area contributed by atoms with Crippen LogP contribution in [0, 0.1) is 5.82 Å². The Kier molecular flexibility index (Phi) is 6.40.